The molecule has 2 fully saturated rings. The summed E-state index contributed by atoms with van der Waals surface area (Å²) in [5.41, 5.74) is 3.60. The Kier molecular flexibility index (Phi) is 14.5. The smallest absolute Gasteiger partial charge is 0.269 e. The van der Waals surface area contributed by atoms with Gasteiger partial charge in [-0.25, -0.2) is 4.39 Å². The minimum absolute atomic E-state index is 0.0186. The van der Waals surface area contributed by atoms with Crippen LogP contribution in [0.25, 0.3) is 0 Å². The summed E-state index contributed by atoms with van der Waals surface area (Å²) in [6, 6.07) is 17.8. The van der Waals surface area contributed by atoms with Crippen molar-refractivity contribution in [3.63, 3.8) is 0 Å². The fraction of sp³-hybridized carbons (Fsp3) is 0.500. The van der Waals surface area contributed by atoms with Crippen molar-refractivity contribution in [3.05, 3.63) is 124 Å². The lowest BCUT2D eigenvalue weighted by Crippen LogP contribution is -2.70. The number of non-ortho nitro benzene ring substituents is 1. The zero-order valence-electron chi connectivity index (χ0n) is 35.0. The number of nitro benzene ring substituents is 1. The lowest BCUT2D eigenvalue weighted by Gasteiger charge is -2.60. The molecule has 0 saturated heterocycles. The van der Waals surface area contributed by atoms with E-state index < -0.39 is 22.7 Å². The number of aliphatic hydroxyl groups is 2. The van der Waals surface area contributed by atoms with Gasteiger partial charge in [-0.05, 0) is 104 Å². The van der Waals surface area contributed by atoms with E-state index in [4.69, 9.17) is 24.2 Å². The zero-order chi connectivity index (χ0) is 42.9. The lowest BCUT2D eigenvalue weighted by molar-refractivity contribution is -0.384. The Hall–Kier alpha value is -5.11. The molecule has 0 spiro atoms. The van der Waals surface area contributed by atoms with Crippen LogP contribution in [0.2, 0.25) is 0 Å². The molecular formula is C48H58FN3O9. The van der Waals surface area contributed by atoms with E-state index in [1.165, 1.54) is 18.2 Å². The van der Waals surface area contributed by atoms with Crippen LogP contribution in [0.4, 0.5) is 10.1 Å². The largest absolute Gasteiger partial charge is 0.489 e. The molecule has 2 N–H and O–H groups in total. The van der Waals surface area contributed by atoms with Crippen LogP contribution in [0.15, 0.2) is 96.2 Å². The van der Waals surface area contributed by atoms with Gasteiger partial charge in [0.1, 0.15) is 36.6 Å². The average molecular weight is 840 g/mol. The molecule has 1 aliphatic heterocycles. The molecule has 12 nitrogen and oxygen atoms in total. The van der Waals surface area contributed by atoms with Gasteiger partial charge in [-0.2, -0.15) is 0 Å². The highest BCUT2D eigenvalue weighted by atomic mass is 19.1. The molecule has 0 bridgehead atoms. The summed E-state index contributed by atoms with van der Waals surface area (Å²) in [6.07, 6.45) is 11.0. The third kappa shape index (κ3) is 9.69. The third-order valence-corrected chi connectivity index (χ3v) is 12.6. The van der Waals surface area contributed by atoms with Crippen LogP contribution < -0.4 is 9.47 Å². The minimum Gasteiger partial charge on any atom is -0.489 e. The first kappa shape index (κ1) is 44.0. The Bertz CT molecular complexity index is 2070. The molecule has 6 atom stereocenters. The van der Waals surface area contributed by atoms with E-state index >= 15 is 0 Å². The van der Waals surface area contributed by atoms with E-state index in [-0.39, 0.29) is 80.5 Å². The van der Waals surface area contributed by atoms with Crippen LogP contribution >= 0.6 is 0 Å². The molecule has 13 heteroatoms. The Morgan fingerprint density at radius 1 is 1.05 bits per heavy atom. The van der Waals surface area contributed by atoms with E-state index in [9.17, 15) is 29.5 Å². The van der Waals surface area contributed by atoms with Crippen LogP contribution in [-0.4, -0.2) is 69.8 Å². The first-order chi connectivity index (χ1) is 29.7. The zero-order valence-corrected chi connectivity index (χ0v) is 35.0. The minimum atomic E-state index is -1.37. The maximum Gasteiger partial charge on any atom is 0.269 e. The lowest BCUT2D eigenvalue weighted by atomic mass is 9.55. The molecule has 326 valence electrons. The van der Waals surface area contributed by atoms with Crippen LogP contribution in [0.5, 0.6) is 11.5 Å². The van der Waals surface area contributed by atoms with Crippen molar-refractivity contribution < 1.29 is 43.4 Å². The summed E-state index contributed by atoms with van der Waals surface area (Å²) in [5.74, 6) is -1.24. The molecular weight excluding hydrogens is 782 g/mol. The monoisotopic (exact) mass is 839 g/mol. The predicted molar refractivity (Wildman–Crippen MR) is 228 cm³/mol. The summed E-state index contributed by atoms with van der Waals surface area (Å²) in [7, 11) is 0. The van der Waals surface area contributed by atoms with Crippen molar-refractivity contribution in [3.8, 4) is 11.5 Å². The molecule has 3 aromatic carbocycles. The maximum absolute atomic E-state index is 14.7. The highest BCUT2D eigenvalue weighted by Crippen LogP contribution is 2.62. The second-order valence-electron chi connectivity index (χ2n) is 16.7. The van der Waals surface area contributed by atoms with Crippen LogP contribution in [0.3, 0.4) is 0 Å². The van der Waals surface area contributed by atoms with Gasteiger partial charge in [0, 0.05) is 61.3 Å². The van der Waals surface area contributed by atoms with Gasteiger partial charge in [-0.1, -0.05) is 55.3 Å². The van der Waals surface area contributed by atoms with Gasteiger partial charge >= 0.3 is 0 Å². The van der Waals surface area contributed by atoms with Gasteiger partial charge in [-0.15, -0.1) is 6.58 Å². The summed E-state index contributed by atoms with van der Waals surface area (Å²) in [6.45, 7) is 6.94. The highest BCUT2D eigenvalue weighted by molar-refractivity contribution is 6.03. The molecule has 3 aliphatic carbocycles. The number of carbonyl (C=O) groups excluding carboxylic acids is 1. The number of aliphatic hydroxyl groups excluding tert-OH is 2. The normalized spacial score (nSPS) is 24.5. The fourth-order valence-corrected chi connectivity index (χ4v) is 9.64. The molecule has 6 unspecified atom stereocenters. The molecule has 1 heterocycles. The van der Waals surface area contributed by atoms with E-state index in [2.05, 4.69) is 19.6 Å². The number of allylic oxidation sites excluding steroid dienone is 1. The average Bonchev–Trinajstić information content (AvgIpc) is 4.12. The quantitative estimate of drug-likeness (QED) is 0.0438. The van der Waals surface area contributed by atoms with E-state index in [0.29, 0.717) is 54.1 Å². The Morgan fingerprint density at radius 2 is 1.80 bits per heavy atom. The summed E-state index contributed by atoms with van der Waals surface area (Å²) < 4.78 is 35.4. The van der Waals surface area contributed by atoms with Crippen molar-refractivity contribution >= 4 is 17.3 Å². The molecule has 4 aliphatic rings. The number of nitro groups is 1. The number of fused-ring (bicyclic) bond motifs is 2. The van der Waals surface area contributed by atoms with Crippen LogP contribution in [0, 0.1) is 39.6 Å². The molecule has 2 saturated carbocycles. The molecule has 0 radical (unpaired) electrons. The summed E-state index contributed by atoms with van der Waals surface area (Å²) >= 11 is 0. The topological polar surface area (TPSA) is 153 Å². The van der Waals surface area contributed by atoms with Crippen LogP contribution in [-0.2, 0) is 27.6 Å². The van der Waals surface area contributed by atoms with Gasteiger partial charge in [0.05, 0.1) is 23.2 Å². The Morgan fingerprint density at radius 3 is 2.49 bits per heavy atom. The number of rotatable bonds is 22. The molecule has 3 aromatic rings. The highest BCUT2D eigenvalue weighted by Gasteiger charge is 2.65. The van der Waals surface area contributed by atoms with E-state index in [0.717, 1.165) is 49.7 Å². The third-order valence-electron chi connectivity index (χ3n) is 12.6. The second kappa shape index (κ2) is 20.2. The molecule has 61 heavy (non-hydrogen) atoms. The molecule has 7 rings (SSSR count). The fourth-order valence-electron chi connectivity index (χ4n) is 9.64. The Labute approximate surface area is 357 Å². The second-order valence-corrected chi connectivity index (χ2v) is 16.7. The van der Waals surface area contributed by atoms with Crippen molar-refractivity contribution in [2.75, 3.05) is 26.4 Å². The van der Waals surface area contributed by atoms with Gasteiger partial charge in [-0.3, -0.25) is 14.9 Å². The van der Waals surface area contributed by atoms with Crippen molar-refractivity contribution in [1.29, 1.82) is 0 Å². The van der Waals surface area contributed by atoms with Crippen molar-refractivity contribution in [1.82, 2.24) is 4.90 Å². The van der Waals surface area contributed by atoms with Gasteiger partial charge < -0.3 is 34.2 Å². The predicted octanol–water partition coefficient (Wildman–Crippen LogP) is 8.80. The number of hydrogen-bond donors (Lipinski definition) is 2. The number of ether oxygens (including phenoxy) is 3. The standard InChI is InChI=1S/C48H58FN3O9/c1-3-23-51(47(55)33-17-18-33)44-29-42(50-60-30-32-15-19-36(20-16-32)52(56)57)39-27-34(11-7-9-24-53)38(13-8-10-25-54)45-40-28-37(58-31-35-12-5-6-14-41(35)49)21-22-43(40)61-48(44,46(39)45)59-26-4-2/h4-6,12,14-16,19-22,27-28,33-34,38,44-46,53-54H,2-3,7-11,13,17-18,23-26,29-31H2,1H3. The molecule has 0 aromatic heterocycles. The van der Waals surface area contributed by atoms with Gasteiger partial charge in [0.15, 0.2) is 0 Å². The number of carbonyl (C=O) groups is 1. The van der Waals surface area contributed by atoms with Crippen LogP contribution in [0.1, 0.15) is 93.7 Å². The maximum atomic E-state index is 14.7. The van der Waals surface area contributed by atoms with E-state index in [1.54, 1.807) is 36.4 Å². The number of oxime groups is 1. The number of hydrogen-bond acceptors (Lipinski definition) is 10. The van der Waals surface area contributed by atoms with Crippen molar-refractivity contribution in [2.24, 2.45) is 28.8 Å². The number of nitrogens with zero attached hydrogens (tertiary/aromatic N) is 3. The first-order valence-corrected chi connectivity index (χ1v) is 21.8. The van der Waals surface area contributed by atoms with Gasteiger partial charge in [0.2, 0.25) is 11.7 Å². The number of halogens is 1. The van der Waals surface area contributed by atoms with E-state index in [1.807, 2.05) is 23.1 Å². The molecule has 1 amide bonds. The SMILES string of the molecule is C=CCOC12Oc3ccc(OCc4ccccc4F)cc3C3C(CCCCO)C(CCCCO)C=C(C(=NOCc4ccc([N+](=O)[O-])cc4)CC1N(CCC)C(=O)C1CC1)C32. The number of benzene rings is 3. The number of unbranched alkanes of at least 4 members (excludes halogenated alkanes) is 2. The number of amides is 1. The van der Waals surface area contributed by atoms with Gasteiger partial charge in [0.25, 0.3) is 5.69 Å². The summed E-state index contributed by atoms with van der Waals surface area (Å²) in [5, 5.41) is 36.0. The van der Waals surface area contributed by atoms with Crippen molar-refractivity contribution in [2.45, 2.75) is 102 Å². The Balaban J connectivity index is 1.39. The first-order valence-electron chi connectivity index (χ1n) is 21.8. The summed E-state index contributed by atoms with van der Waals surface area (Å²) in [4.78, 5) is 33.4.